The molecule has 0 radical (unpaired) electrons. The molecule has 126 valence electrons. The molecule has 1 aliphatic carbocycles. The molecule has 23 heavy (non-hydrogen) atoms. The van der Waals surface area contributed by atoms with Crippen LogP contribution in [0.5, 0.6) is 0 Å². The number of rotatable bonds is 3. The third-order valence-corrected chi connectivity index (χ3v) is 3.93. The Balaban J connectivity index is 1.91. The quantitative estimate of drug-likeness (QED) is 0.583. The van der Waals surface area contributed by atoms with E-state index in [4.69, 9.17) is 5.11 Å². The Morgan fingerprint density at radius 3 is 2.30 bits per heavy atom. The lowest BCUT2D eigenvalue weighted by atomic mass is 9.86. The van der Waals surface area contributed by atoms with Crippen molar-refractivity contribution in [2.45, 2.75) is 31.7 Å². The van der Waals surface area contributed by atoms with E-state index < -0.39 is 35.0 Å². The summed E-state index contributed by atoms with van der Waals surface area (Å²) in [7, 11) is 0. The summed E-state index contributed by atoms with van der Waals surface area (Å²) >= 11 is 0. The molecular formula is C15H17F3N2O3. The summed E-state index contributed by atoms with van der Waals surface area (Å²) in [6, 6.07) is 1.29. The van der Waals surface area contributed by atoms with Gasteiger partial charge in [0, 0.05) is 12.6 Å². The lowest BCUT2D eigenvalue weighted by molar-refractivity contribution is -0.136. The van der Waals surface area contributed by atoms with Crippen LogP contribution in [0.4, 0.5) is 18.9 Å². The van der Waals surface area contributed by atoms with Crippen LogP contribution in [-0.4, -0.2) is 29.6 Å². The summed E-state index contributed by atoms with van der Waals surface area (Å²) in [5.74, 6) is -6.58. The zero-order chi connectivity index (χ0) is 17.0. The van der Waals surface area contributed by atoms with E-state index in [0.717, 1.165) is 18.9 Å². The van der Waals surface area contributed by atoms with Gasteiger partial charge >= 0.3 is 11.8 Å². The van der Waals surface area contributed by atoms with Gasteiger partial charge in [-0.3, -0.25) is 9.59 Å². The molecule has 0 atom stereocenters. The Morgan fingerprint density at radius 2 is 1.70 bits per heavy atom. The highest BCUT2D eigenvalue weighted by molar-refractivity contribution is 6.39. The Bertz CT molecular complexity index is 602. The molecule has 5 nitrogen and oxygen atoms in total. The maximum absolute atomic E-state index is 13.4. The third-order valence-electron chi connectivity index (χ3n) is 3.93. The summed E-state index contributed by atoms with van der Waals surface area (Å²) in [6.07, 6.45) is 2.73. The Labute approximate surface area is 130 Å². The van der Waals surface area contributed by atoms with Gasteiger partial charge in [0.15, 0.2) is 17.5 Å². The molecule has 0 bridgehead atoms. The van der Waals surface area contributed by atoms with Gasteiger partial charge < -0.3 is 15.7 Å². The second-order valence-electron chi connectivity index (χ2n) is 5.55. The largest absolute Gasteiger partial charge is 0.396 e. The molecule has 2 amide bonds. The van der Waals surface area contributed by atoms with E-state index in [9.17, 15) is 22.8 Å². The lowest BCUT2D eigenvalue weighted by Gasteiger charge is -2.27. The summed E-state index contributed by atoms with van der Waals surface area (Å²) < 4.78 is 39.3. The molecule has 3 N–H and O–H groups in total. The van der Waals surface area contributed by atoms with E-state index >= 15 is 0 Å². The van der Waals surface area contributed by atoms with Crippen LogP contribution in [-0.2, 0) is 9.59 Å². The van der Waals surface area contributed by atoms with Crippen molar-refractivity contribution in [3.05, 3.63) is 29.6 Å². The highest BCUT2D eigenvalue weighted by Crippen LogP contribution is 2.24. The summed E-state index contributed by atoms with van der Waals surface area (Å²) in [5, 5.41) is 13.5. The molecular weight excluding hydrogens is 313 g/mol. The summed E-state index contributed by atoms with van der Waals surface area (Å²) in [5.41, 5.74) is -0.604. The fourth-order valence-electron chi connectivity index (χ4n) is 2.54. The number of carbonyl (C=O) groups is 2. The third kappa shape index (κ3) is 4.22. The van der Waals surface area contributed by atoms with Crippen molar-refractivity contribution in [1.29, 1.82) is 0 Å². The van der Waals surface area contributed by atoms with Gasteiger partial charge in [0.1, 0.15) is 0 Å². The number of hydrogen-bond donors (Lipinski definition) is 3. The molecule has 1 aromatic rings. The standard InChI is InChI=1S/C15H17F3N2O3/c16-10-5-6-11(13(18)12(10)17)20-15(23)14(22)19-9-3-1-8(7-21)2-4-9/h5-6,8-9,21H,1-4,7H2,(H,19,22)(H,20,23). The van der Waals surface area contributed by atoms with Crippen LogP contribution in [0.1, 0.15) is 25.7 Å². The number of anilines is 1. The number of halogens is 3. The van der Waals surface area contributed by atoms with Gasteiger partial charge in [-0.25, -0.2) is 13.2 Å². The van der Waals surface area contributed by atoms with Crippen molar-refractivity contribution in [3.8, 4) is 0 Å². The molecule has 0 saturated heterocycles. The Hall–Kier alpha value is -2.09. The summed E-state index contributed by atoms with van der Waals surface area (Å²) in [4.78, 5) is 23.5. The van der Waals surface area contributed by atoms with E-state index in [1.54, 1.807) is 0 Å². The van der Waals surface area contributed by atoms with E-state index in [1.165, 1.54) is 0 Å². The fourth-order valence-corrected chi connectivity index (χ4v) is 2.54. The smallest absolute Gasteiger partial charge is 0.313 e. The number of aliphatic hydroxyl groups excluding tert-OH is 1. The minimum Gasteiger partial charge on any atom is -0.396 e. The van der Waals surface area contributed by atoms with Gasteiger partial charge in [0.2, 0.25) is 0 Å². The van der Waals surface area contributed by atoms with Crippen molar-refractivity contribution >= 4 is 17.5 Å². The van der Waals surface area contributed by atoms with Crippen molar-refractivity contribution in [3.63, 3.8) is 0 Å². The van der Waals surface area contributed by atoms with Crippen LogP contribution >= 0.6 is 0 Å². The monoisotopic (exact) mass is 330 g/mol. The fraction of sp³-hybridized carbons (Fsp3) is 0.467. The van der Waals surface area contributed by atoms with Crippen LogP contribution < -0.4 is 10.6 Å². The van der Waals surface area contributed by atoms with E-state index in [1.807, 2.05) is 5.32 Å². The van der Waals surface area contributed by atoms with Crippen LogP contribution in [0.15, 0.2) is 12.1 Å². The minimum absolute atomic E-state index is 0.0938. The van der Waals surface area contributed by atoms with Crippen molar-refractivity contribution < 1.29 is 27.9 Å². The first-order valence-corrected chi connectivity index (χ1v) is 7.28. The van der Waals surface area contributed by atoms with Gasteiger partial charge in [-0.1, -0.05) is 0 Å². The average Bonchev–Trinajstić information content (AvgIpc) is 2.56. The highest BCUT2D eigenvalue weighted by atomic mass is 19.2. The molecule has 0 aromatic heterocycles. The van der Waals surface area contributed by atoms with Crippen molar-refractivity contribution in [2.75, 3.05) is 11.9 Å². The van der Waals surface area contributed by atoms with Crippen LogP contribution in [0.25, 0.3) is 0 Å². The molecule has 0 unspecified atom stereocenters. The first kappa shape index (κ1) is 17.3. The lowest BCUT2D eigenvalue weighted by Crippen LogP contribution is -2.43. The van der Waals surface area contributed by atoms with E-state index in [-0.39, 0.29) is 18.6 Å². The van der Waals surface area contributed by atoms with Crippen LogP contribution in [0.3, 0.4) is 0 Å². The number of benzene rings is 1. The zero-order valence-electron chi connectivity index (χ0n) is 12.2. The Kier molecular flexibility index (Phi) is 5.59. The molecule has 0 aliphatic heterocycles. The second-order valence-corrected chi connectivity index (χ2v) is 5.55. The number of nitrogens with one attached hydrogen (secondary N) is 2. The maximum Gasteiger partial charge on any atom is 0.313 e. The van der Waals surface area contributed by atoms with Gasteiger partial charge in [0.25, 0.3) is 0 Å². The Morgan fingerprint density at radius 1 is 1.04 bits per heavy atom. The van der Waals surface area contributed by atoms with Gasteiger partial charge in [-0.2, -0.15) is 0 Å². The normalized spacial score (nSPS) is 20.9. The van der Waals surface area contributed by atoms with Crippen molar-refractivity contribution in [2.24, 2.45) is 5.92 Å². The molecule has 0 spiro atoms. The molecule has 1 aliphatic rings. The van der Waals surface area contributed by atoms with Gasteiger partial charge in [-0.05, 0) is 43.7 Å². The number of carbonyl (C=O) groups excluding carboxylic acids is 2. The topological polar surface area (TPSA) is 78.4 Å². The molecule has 1 aromatic carbocycles. The van der Waals surface area contributed by atoms with Crippen LogP contribution in [0, 0.1) is 23.4 Å². The van der Waals surface area contributed by atoms with Crippen molar-refractivity contribution in [1.82, 2.24) is 5.32 Å². The van der Waals surface area contributed by atoms with Gasteiger partial charge in [-0.15, -0.1) is 0 Å². The first-order valence-electron chi connectivity index (χ1n) is 7.28. The average molecular weight is 330 g/mol. The number of hydrogen-bond acceptors (Lipinski definition) is 3. The van der Waals surface area contributed by atoms with Crippen LogP contribution in [0.2, 0.25) is 0 Å². The van der Waals surface area contributed by atoms with E-state index in [0.29, 0.717) is 18.9 Å². The number of aliphatic hydroxyl groups is 1. The SMILES string of the molecule is O=C(Nc1ccc(F)c(F)c1F)C(=O)NC1CCC(CO)CC1. The molecule has 1 fully saturated rings. The predicted molar refractivity (Wildman–Crippen MR) is 75.9 cm³/mol. The molecule has 8 heteroatoms. The summed E-state index contributed by atoms with van der Waals surface area (Å²) in [6.45, 7) is 0.0938. The first-order chi connectivity index (χ1) is 10.9. The van der Waals surface area contributed by atoms with Gasteiger partial charge in [0.05, 0.1) is 5.69 Å². The van der Waals surface area contributed by atoms with E-state index in [2.05, 4.69) is 5.32 Å². The second kappa shape index (κ2) is 7.45. The number of amides is 2. The zero-order valence-corrected chi connectivity index (χ0v) is 12.2. The predicted octanol–water partition coefficient (Wildman–Crippen LogP) is 1.71. The highest BCUT2D eigenvalue weighted by Gasteiger charge is 2.25. The molecule has 1 saturated carbocycles. The molecule has 2 rings (SSSR count). The molecule has 0 heterocycles. The minimum atomic E-state index is -1.72. The maximum atomic E-state index is 13.4.